The van der Waals surface area contributed by atoms with Crippen molar-refractivity contribution in [2.45, 2.75) is 4.90 Å². The van der Waals surface area contributed by atoms with Gasteiger partial charge in [0.1, 0.15) is 0 Å². The molecule has 1 aliphatic rings. The predicted octanol–water partition coefficient (Wildman–Crippen LogP) is 2.48. The van der Waals surface area contributed by atoms with Gasteiger partial charge in [-0.05, 0) is 30.3 Å². The lowest BCUT2D eigenvalue weighted by Crippen LogP contribution is -2.40. The highest BCUT2D eigenvalue weighted by molar-refractivity contribution is 7.89. The van der Waals surface area contributed by atoms with E-state index in [1.165, 1.54) is 52.0 Å². The van der Waals surface area contributed by atoms with Crippen LogP contribution in [0.4, 0.5) is 10.8 Å². The Morgan fingerprint density at radius 2 is 1.87 bits per heavy atom. The summed E-state index contributed by atoms with van der Waals surface area (Å²) in [5, 5.41) is 13.8. The van der Waals surface area contributed by atoms with Gasteiger partial charge < -0.3 is 4.74 Å². The number of hydrogen-bond acceptors (Lipinski definition) is 8. The number of carbonyl (C=O) groups is 1. The van der Waals surface area contributed by atoms with Crippen molar-refractivity contribution in [1.82, 2.24) is 9.29 Å². The van der Waals surface area contributed by atoms with Crippen molar-refractivity contribution >= 4 is 48.3 Å². The Bertz CT molecular complexity index is 1220. The van der Waals surface area contributed by atoms with Crippen molar-refractivity contribution in [1.29, 1.82) is 0 Å². The quantitative estimate of drug-likeness (QED) is 0.468. The number of hydrogen-bond donors (Lipinski definition) is 1. The Labute approximate surface area is 175 Å². The molecule has 0 atom stereocenters. The summed E-state index contributed by atoms with van der Waals surface area (Å²) in [7, 11) is -3.64. The second-order valence-electron chi connectivity index (χ2n) is 6.42. The third kappa shape index (κ3) is 4.03. The summed E-state index contributed by atoms with van der Waals surface area (Å²) in [6.45, 7) is 1.29. The summed E-state index contributed by atoms with van der Waals surface area (Å²) < 4.78 is 32.5. The van der Waals surface area contributed by atoms with Crippen LogP contribution in [0.1, 0.15) is 10.4 Å². The summed E-state index contributed by atoms with van der Waals surface area (Å²) in [6, 6.07) is 9.93. The number of anilines is 1. The molecule has 4 rings (SSSR count). The largest absolute Gasteiger partial charge is 0.379 e. The van der Waals surface area contributed by atoms with Crippen molar-refractivity contribution < 1.29 is 22.9 Å². The molecular formula is C18H16N4O6S2. The van der Waals surface area contributed by atoms with Gasteiger partial charge in [-0.25, -0.2) is 13.4 Å². The third-order valence-electron chi connectivity index (χ3n) is 4.53. The molecule has 12 heteroatoms. The van der Waals surface area contributed by atoms with Gasteiger partial charge in [0, 0.05) is 30.8 Å². The van der Waals surface area contributed by atoms with Gasteiger partial charge in [-0.3, -0.25) is 20.2 Å². The maximum absolute atomic E-state index is 12.6. The topological polar surface area (TPSA) is 132 Å². The molecule has 2 aromatic carbocycles. The first-order valence-corrected chi connectivity index (χ1v) is 11.1. The number of aromatic nitrogens is 1. The van der Waals surface area contributed by atoms with E-state index in [4.69, 9.17) is 4.74 Å². The van der Waals surface area contributed by atoms with Crippen LogP contribution in [0.25, 0.3) is 10.2 Å². The number of fused-ring (bicyclic) bond motifs is 1. The Hall–Kier alpha value is -2.93. The molecular weight excluding hydrogens is 432 g/mol. The number of benzene rings is 2. The van der Waals surface area contributed by atoms with Gasteiger partial charge in [0.15, 0.2) is 5.13 Å². The number of non-ortho nitro benzene ring substituents is 1. The summed E-state index contributed by atoms with van der Waals surface area (Å²) in [6.07, 6.45) is 0. The summed E-state index contributed by atoms with van der Waals surface area (Å²) in [4.78, 5) is 27.2. The lowest BCUT2D eigenvalue weighted by atomic mass is 10.2. The molecule has 30 heavy (non-hydrogen) atoms. The Morgan fingerprint density at radius 1 is 1.17 bits per heavy atom. The molecule has 0 radical (unpaired) electrons. The second kappa shape index (κ2) is 8.07. The molecule has 0 aliphatic carbocycles. The zero-order valence-corrected chi connectivity index (χ0v) is 17.1. The molecule has 1 saturated heterocycles. The van der Waals surface area contributed by atoms with Crippen molar-refractivity contribution in [3.63, 3.8) is 0 Å². The summed E-state index contributed by atoms with van der Waals surface area (Å²) in [5.74, 6) is -0.459. The number of nitro groups is 1. The van der Waals surface area contributed by atoms with Gasteiger partial charge in [0.05, 0.1) is 33.2 Å². The fraction of sp³-hybridized carbons (Fsp3) is 0.222. The molecule has 1 N–H and O–H groups in total. The van der Waals surface area contributed by atoms with Crippen LogP contribution in [0.2, 0.25) is 0 Å². The lowest BCUT2D eigenvalue weighted by Gasteiger charge is -2.26. The molecule has 3 aromatic rings. The number of ether oxygens (including phenoxy) is 1. The number of carbonyl (C=O) groups excluding carboxylic acids is 1. The minimum Gasteiger partial charge on any atom is -0.379 e. The third-order valence-corrected chi connectivity index (χ3v) is 7.39. The molecule has 1 aliphatic heterocycles. The fourth-order valence-electron chi connectivity index (χ4n) is 2.97. The zero-order chi connectivity index (χ0) is 21.3. The van der Waals surface area contributed by atoms with Crippen molar-refractivity contribution in [2.24, 2.45) is 0 Å². The second-order valence-corrected chi connectivity index (χ2v) is 9.39. The molecule has 0 unspecified atom stereocenters. The zero-order valence-electron chi connectivity index (χ0n) is 15.5. The van der Waals surface area contributed by atoms with E-state index in [2.05, 4.69) is 10.3 Å². The van der Waals surface area contributed by atoms with Crippen LogP contribution in [-0.4, -0.2) is 54.8 Å². The van der Waals surface area contributed by atoms with E-state index in [-0.39, 0.29) is 16.1 Å². The van der Waals surface area contributed by atoms with Crippen LogP contribution in [-0.2, 0) is 14.8 Å². The van der Waals surface area contributed by atoms with Gasteiger partial charge in [-0.15, -0.1) is 0 Å². The van der Waals surface area contributed by atoms with E-state index in [0.717, 1.165) is 0 Å². The van der Waals surface area contributed by atoms with Crippen molar-refractivity contribution in [3.05, 3.63) is 58.1 Å². The predicted molar refractivity (Wildman–Crippen MR) is 110 cm³/mol. The van der Waals surface area contributed by atoms with Crippen LogP contribution < -0.4 is 5.32 Å². The minimum atomic E-state index is -3.64. The number of nitrogens with zero attached hydrogens (tertiary/aromatic N) is 3. The number of nitrogens with one attached hydrogen (secondary N) is 1. The molecule has 10 nitrogen and oxygen atoms in total. The molecule has 2 heterocycles. The van der Waals surface area contributed by atoms with E-state index in [1.807, 2.05) is 0 Å². The van der Waals surface area contributed by atoms with Crippen LogP contribution in [0.15, 0.2) is 47.4 Å². The maximum atomic E-state index is 12.6. The van der Waals surface area contributed by atoms with E-state index >= 15 is 0 Å². The molecule has 0 bridgehead atoms. The average Bonchev–Trinajstić information content (AvgIpc) is 3.15. The highest BCUT2D eigenvalue weighted by atomic mass is 32.2. The summed E-state index contributed by atoms with van der Waals surface area (Å²) >= 11 is 1.19. The highest BCUT2D eigenvalue weighted by Gasteiger charge is 2.26. The first kappa shape index (κ1) is 20.3. The average molecular weight is 448 g/mol. The molecule has 1 fully saturated rings. The molecule has 0 saturated carbocycles. The number of amides is 1. The van der Waals surface area contributed by atoms with E-state index in [1.54, 1.807) is 6.07 Å². The van der Waals surface area contributed by atoms with E-state index in [0.29, 0.717) is 41.7 Å². The first-order valence-electron chi connectivity index (χ1n) is 8.89. The van der Waals surface area contributed by atoms with Gasteiger partial charge >= 0.3 is 0 Å². The smallest absolute Gasteiger partial charge is 0.271 e. The highest BCUT2D eigenvalue weighted by Crippen LogP contribution is 2.29. The first-order chi connectivity index (χ1) is 14.3. The van der Waals surface area contributed by atoms with Crippen molar-refractivity contribution in [2.75, 3.05) is 31.6 Å². The van der Waals surface area contributed by atoms with E-state index < -0.39 is 20.9 Å². The van der Waals surface area contributed by atoms with Crippen molar-refractivity contribution in [3.8, 4) is 0 Å². The fourth-order valence-corrected chi connectivity index (χ4v) is 5.22. The number of rotatable bonds is 5. The van der Waals surface area contributed by atoms with Gasteiger partial charge in [0.2, 0.25) is 10.0 Å². The normalized spacial score (nSPS) is 15.2. The number of sulfonamides is 1. The van der Waals surface area contributed by atoms with Crippen LogP contribution in [0.3, 0.4) is 0 Å². The Kier molecular flexibility index (Phi) is 5.47. The monoisotopic (exact) mass is 448 g/mol. The lowest BCUT2D eigenvalue weighted by molar-refractivity contribution is -0.384. The van der Waals surface area contributed by atoms with Crippen LogP contribution >= 0.6 is 11.3 Å². The van der Waals surface area contributed by atoms with Crippen LogP contribution in [0, 0.1) is 10.1 Å². The number of morpholine rings is 1. The number of thiazole rings is 1. The molecule has 1 amide bonds. The SMILES string of the molecule is O=C(Nc1nc2cc([N+](=O)[O-])ccc2s1)c1ccc(S(=O)(=O)N2CCOCC2)cc1. The number of nitro benzene ring substituents is 1. The maximum Gasteiger partial charge on any atom is 0.271 e. The Morgan fingerprint density at radius 3 is 2.53 bits per heavy atom. The standard InChI is InChI=1S/C18H16N4O6S2/c23-17(20-18-19-15-11-13(22(24)25)3-6-16(15)29-18)12-1-4-14(5-2-12)30(26,27)21-7-9-28-10-8-21/h1-6,11H,7-10H2,(H,19,20,23). The van der Waals surface area contributed by atoms with Gasteiger partial charge in [0.25, 0.3) is 11.6 Å². The molecule has 156 valence electrons. The molecule has 1 aromatic heterocycles. The van der Waals surface area contributed by atoms with Gasteiger partial charge in [-0.1, -0.05) is 11.3 Å². The summed E-state index contributed by atoms with van der Waals surface area (Å²) in [5.41, 5.74) is 0.598. The Balaban J connectivity index is 1.50. The van der Waals surface area contributed by atoms with E-state index in [9.17, 15) is 23.3 Å². The van der Waals surface area contributed by atoms with Gasteiger partial charge in [-0.2, -0.15) is 4.31 Å². The minimum absolute atomic E-state index is 0.0808. The van der Waals surface area contributed by atoms with Crippen LogP contribution in [0.5, 0.6) is 0 Å². The molecule has 0 spiro atoms.